The van der Waals surface area contributed by atoms with Crippen LogP contribution in [0.15, 0.2) is 199 Å². The monoisotopic (exact) mass is 732 g/mol. The van der Waals surface area contributed by atoms with Gasteiger partial charge in [0.05, 0.1) is 27.1 Å². The van der Waals surface area contributed by atoms with Gasteiger partial charge in [-0.05, 0) is 88.6 Å². The molecule has 0 unspecified atom stereocenters. The molecule has 0 saturated heterocycles. The molecule has 0 aliphatic heterocycles. The zero-order valence-electron chi connectivity index (χ0n) is 30.2. The number of benzene rings is 9. The van der Waals surface area contributed by atoms with Crippen LogP contribution in [0.25, 0.3) is 91.5 Å². The molecule has 0 saturated carbocycles. The van der Waals surface area contributed by atoms with Crippen molar-refractivity contribution in [2.45, 2.75) is 0 Å². The van der Waals surface area contributed by atoms with E-state index in [1.54, 1.807) is 0 Å². The fraction of sp³-hybridized carbons (Fsp3) is 0. The minimum Gasteiger partial charge on any atom is -0.454 e. The smallest absolute Gasteiger partial charge is 0.159 e. The first-order valence-electron chi connectivity index (χ1n) is 19.0. The van der Waals surface area contributed by atoms with Crippen LogP contribution in [0.1, 0.15) is 0 Å². The molecule has 0 aliphatic carbocycles. The standard InChI is InChI=1S/C52H32N2OS/c1-2-12-37(13-3-1)53-45-19-7-4-14-39(45)40-29-27-35(32-48(40)53)34-25-24-33-26-28-38(31-36(33)30-34)54(46-20-10-17-43-41-15-5-8-22-49(41)55-51(43)46)47-21-11-18-44-42-16-6-9-23-50(42)56-52(44)47/h1-32H. The van der Waals surface area contributed by atoms with Crippen molar-refractivity contribution in [1.29, 1.82) is 0 Å². The van der Waals surface area contributed by atoms with Gasteiger partial charge in [-0.2, -0.15) is 0 Å². The quantitative estimate of drug-likeness (QED) is 0.176. The minimum atomic E-state index is 0.878. The van der Waals surface area contributed by atoms with E-state index in [4.69, 9.17) is 4.42 Å². The lowest BCUT2D eigenvalue weighted by atomic mass is 9.99. The van der Waals surface area contributed by atoms with E-state index >= 15 is 0 Å². The molecule has 0 bridgehead atoms. The molecular weight excluding hydrogens is 701 g/mol. The molecule has 0 fully saturated rings. The summed E-state index contributed by atoms with van der Waals surface area (Å²) < 4.78 is 11.6. The van der Waals surface area contributed by atoms with Crippen LogP contribution in [0.5, 0.6) is 0 Å². The number of rotatable bonds is 5. The molecule has 56 heavy (non-hydrogen) atoms. The second-order valence-corrected chi connectivity index (χ2v) is 15.6. The van der Waals surface area contributed by atoms with Crippen LogP contribution < -0.4 is 4.90 Å². The van der Waals surface area contributed by atoms with Crippen LogP contribution in [0, 0.1) is 0 Å². The van der Waals surface area contributed by atoms with Crippen LogP contribution in [-0.4, -0.2) is 4.57 Å². The lowest BCUT2D eigenvalue weighted by Gasteiger charge is -2.26. The molecule has 0 radical (unpaired) electrons. The maximum atomic E-state index is 6.70. The number of fused-ring (bicyclic) bond motifs is 10. The molecule has 9 aromatic carbocycles. The van der Waals surface area contributed by atoms with Gasteiger partial charge >= 0.3 is 0 Å². The van der Waals surface area contributed by atoms with E-state index in [-0.39, 0.29) is 0 Å². The van der Waals surface area contributed by atoms with Crippen LogP contribution in [0.4, 0.5) is 17.1 Å². The second kappa shape index (κ2) is 12.2. The molecule has 0 atom stereocenters. The van der Waals surface area contributed by atoms with Crippen molar-refractivity contribution in [2.24, 2.45) is 0 Å². The summed E-state index contributed by atoms with van der Waals surface area (Å²) in [5, 5.41) is 9.65. The maximum absolute atomic E-state index is 6.70. The molecule has 4 heteroatoms. The molecule has 0 N–H and O–H groups in total. The Bertz CT molecular complexity index is 3380. The summed E-state index contributed by atoms with van der Waals surface area (Å²) in [6.45, 7) is 0. The average Bonchev–Trinajstić information content (AvgIpc) is 3.94. The summed E-state index contributed by atoms with van der Waals surface area (Å²) in [6, 6.07) is 70.2. The van der Waals surface area contributed by atoms with E-state index < -0.39 is 0 Å². The van der Waals surface area contributed by atoms with Crippen LogP contribution in [0.2, 0.25) is 0 Å². The third kappa shape index (κ3) is 4.70. The lowest BCUT2D eigenvalue weighted by Crippen LogP contribution is -2.10. The predicted molar refractivity (Wildman–Crippen MR) is 239 cm³/mol. The normalized spacial score (nSPS) is 11.9. The molecular formula is C52H32N2OS. The highest BCUT2D eigenvalue weighted by Crippen LogP contribution is 2.48. The molecule has 262 valence electrons. The number of thiophene rings is 1. The van der Waals surface area contributed by atoms with Crippen molar-refractivity contribution in [3.63, 3.8) is 0 Å². The highest BCUT2D eigenvalue weighted by atomic mass is 32.1. The van der Waals surface area contributed by atoms with E-state index in [2.05, 4.69) is 198 Å². The summed E-state index contributed by atoms with van der Waals surface area (Å²) in [5.74, 6) is 0. The molecule has 0 spiro atoms. The second-order valence-electron chi connectivity index (χ2n) is 14.5. The highest BCUT2D eigenvalue weighted by molar-refractivity contribution is 7.26. The molecule has 3 aromatic heterocycles. The predicted octanol–water partition coefficient (Wildman–Crippen LogP) is 15.3. The fourth-order valence-electron chi connectivity index (χ4n) is 8.78. The number of aromatic nitrogens is 1. The Balaban J connectivity index is 1.07. The number of hydrogen-bond acceptors (Lipinski definition) is 3. The lowest BCUT2D eigenvalue weighted by molar-refractivity contribution is 0.669. The summed E-state index contributed by atoms with van der Waals surface area (Å²) in [4.78, 5) is 2.40. The Morgan fingerprint density at radius 1 is 0.429 bits per heavy atom. The van der Waals surface area contributed by atoms with Gasteiger partial charge in [-0.15, -0.1) is 11.3 Å². The molecule has 12 aromatic rings. The summed E-state index contributed by atoms with van der Waals surface area (Å²) in [7, 11) is 0. The van der Waals surface area contributed by atoms with Crippen LogP contribution >= 0.6 is 11.3 Å². The summed E-state index contributed by atoms with van der Waals surface area (Å²) in [5.41, 5.74) is 10.9. The summed E-state index contributed by atoms with van der Waals surface area (Å²) in [6.07, 6.45) is 0. The zero-order valence-corrected chi connectivity index (χ0v) is 31.0. The highest BCUT2D eigenvalue weighted by Gasteiger charge is 2.23. The number of para-hydroxylation sites is 4. The molecule has 0 amide bonds. The number of hydrogen-bond donors (Lipinski definition) is 0. The van der Waals surface area contributed by atoms with E-state index in [0.29, 0.717) is 0 Å². The SMILES string of the molecule is c1ccc(-n2c3ccccc3c3ccc(-c4ccc5ccc(N(c6cccc7c6oc6ccccc67)c6cccc7c6sc6ccccc67)cc5c4)cc32)cc1. The Labute approximate surface area is 326 Å². The van der Waals surface area contributed by atoms with Crippen molar-refractivity contribution >= 4 is 103 Å². The third-order valence-electron chi connectivity index (χ3n) is 11.4. The van der Waals surface area contributed by atoms with Gasteiger partial charge in [0, 0.05) is 48.4 Å². The Kier molecular flexibility index (Phi) is 6.80. The topological polar surface area (TPSA) is 21.3 Å². The van der Waals surface area contributed by atoms with E-state index in [1.165, 1.54) is 63.9 Å². The van der Waals surface area contributed by atoms with Gasteiger partial charge in [-0.25, -0.2) is 0 Å². The third-order valence-corrected chi connectivity index (χ3v) is 12.6. The van der Waals surface area contributed by atoms with Crippen molar-refractivity contribution < 1.29 is 4.42 Å². The van der Waals surface area contributed by atoms with Gasteiger partial charge in [0.25, 0.3) is 0 Å². The largest absolute Gasteiger partial charge is 0.454 e. The number of furan rings is 1. The fourth-order valence-corrected chi connectivity index (χ4v) is 9.99. The van der Waals surface area contributed by atoms with Crippen molar-refractivity contribution in [2.75, 3.05) is 4.90 Å². The van der Waals surface area contributed by atoms with Crippen LogP contribution in [0.3, 0.4) is 0 Å². The van der Waals surface area contributed by atoms with E-state index in [1.807, 2.05) is 17.4 Å². The van der Waals surface area contributed by atoms with Crippen molar-refractivity contribution in [1.82, 2.24) is 4.57 Å². The Morgan fingerprint density at radius 2 is 1.11 bits per heavy atom. The average molecular weight is 733 g/mol. The number of anilines is 3. The van der Waals surface area contributed by atoms with Gasteiger partial charge in [-0.3, -0.25) is 0 Å². The van der Waals surface area contributed by atoms with Gasteiger partial charge in [0.15, 0.2) is 5.58 Å². The summed E-state index contributed by atoms with van der Waals surface area (Å²) >= 11 is 1.85. The molecule has 12 rings (SSSR count). The van der Waals surface area contributed by atoms with E-state index in [0.717, 1.165) is 44.7 Å². The Hall–Kier alpha value is -7.14. The molecule has 3 nitrogen and oxygen atoms in total. The van der Waals surface area contributed by atoms with Crippen molar-refractivity contribution in [3.05, 3.63) is 194 Å². The van der Waals surface area contributed by atoms with Gasteiger partial charge in [0.2, 0.25) is 0 Å². The Morgan fingerprint density at radius 3 is 2.02 bits per heavy atom. The minimum absolute atomic E-state index is 0.878. The van der Waals surface area contributed by atoms with Gasteiger partial charge in [0.1, 0.15) is 5.58 Å². The van der Waals surface area contributed by atoms with E-state index in [9.17, 15) is 0 Å². The van der Waals surface area contributed by atoms with Crippen molar-refractivity contribution in [3.8, 4) is 16.8 Å². The maximum Gasteiger partial charge on any atom is 0.159 e. The first-order valence-corrected chi connectivity index (χ1v) is 19.8. The zero-order chi connectivity index (χ0) is 36.7. The van der Waals surface area contributed by atoms with Gasteiger partial charge < -0.3 is 13.9 Å². The molecule has 0 aliphatic rings. The molecule has 3 heterocycles. The first-order chi connectivity index (χ1) is 27.8. The first kappa shape index (κ1) is 31.2. The number of nitrogens with zero attached hydrogens (tertiary/aromatic N) is 2. The van der Waals surface area contributed by atoms with Gasteiger partial charge in [-0.1, -0.05) is 127 Å². The van der Waals surface area contributed by atoms with Crippen LogP contribution in [-0.2, 0) is 0 Å².